The fourth-order valence-electron chi connectivity index (χ4n) is 5.42. The van der Waals surface area contributed by atoms with E-state index in [2.05, 4.69) is 6.07 Å². The molecule has 0 aliphatic carbocycles. The molecule has 1 aliphatic heterocycles. The Morgan fingerprint density at radius 2 is 1.71 bits per heavy atom. The van der Waals surface area contributed by atoms with E-state index in [0.29, 0.717) is 43.4 Å². The third-order valence-corrected chi connectivity index (χ3v) is 8.75. The van der Waals surface area contributed by atoms with Crippen LogP contribution in [0.4, 0.5) is 0 Å². The van der Waals surface area contributed by atoms with Crippen LogP contribution >= 0.6 is 11.3 Å². The van der Waals surface area contributed by atoms with Crippen LogP contribution in [0.25, 0.3) is 11.8 Å². The van der Waals surface area contributed by atoms with E-state index in [1.54, 1.807) is 68.2 Å². The minimum atomic E-state index is -0.795. The third kappa shape index (κ3) is 6.49. The number of aromatic nitrogens is 1. The summed E-state index contributed by atoms with van der Waals surface area (Å²) in [4.78, 5) is 33.2. The summed E-state index contributed by atoms with van der Waals surface area (Å²) in [6.45, 7) is 2.20. The Bertz CT molecular complexity index is 2210. The number of nitriles is 1. The Morgan fingerprint density at radius 1 is 0.958 bits per heavy atom. The van der Waals surface area contributed by atoms with E-state index < -0.39 is 12.0 Å². The summed E-state index contributed by atoms with van der Waals surface area (Å²) in [6, 6.07) is 30.6. The summed E-state index contributed by atoms with van der Waals surface area (Å²) in [5, 5.41) is 9.05. The fourth-order valence-corrected chi connectivity index (χ4v) is 6.42. The van der Waals surface area contributed by atoms with Crippen molar-refractivity contribution in [2.24, 2.45) is 4.99 Å². The van der Waals surface area contributed by atoms with Crippen LogP contribution in [0, 0.1) is 11.3 Å². The normalized spacial score (nSPS) is 14.0. The molecule has 0 fully saturated rings. The van der Waals surface area contributed by atoms with Gasteiger partial charge >= 0.3 is 5.97 Å². The van der Waals surface area contributed by atoms with Crippen molar-refractivity contribution >= 4 is 29.1 Å². The van der Waals surface area contributed by atoms with Gasteiger partial charge < -0.3 is 18.9 Å². The quantitative estimate of drug-likeness (QED) is 0.185. The molecule has 48 heavy (non-hydrogen) atoms. The van der Waals surface area contributed by atoms with Crippen molar-refractivity contribution in [2.75, 3.05) is 20.8 Å². The third-order valence-electron chi connectivity index (χ3n) is 7.77. The number of fused-ring (bicyclic) bond motifs is 1. The number of methoxy groups -OCH3 is 2. The van der Waals surface area contributed by atoms with Gasteiger partial charge in [-0.3, -0.25) is 9.36 Å². The maximum atomic E-state index is 14.2. The van der Waals surface area contributed by atoms with Crippen molar-refractivity contribution in [1.82, 2.24) is 4.57 Å². The second-order valence-corrected chi connectivity index (χ2v) is 11.7. The van der Waals surface area contributed by atoms with Crippen molar-refractivity contribution in [3.05, 3.63) is 150 Å². The minimum absolute atomic E-state index is 0.166. The Balaban J connectivity index is 1.45. The molecule has 9 nitrogen and oxygen atoms in total. The SMILES string of the molecule is CCOC(=O)C1=C(c2ccccc2)N=c2s/c(=C\c3ccc(OCc4ccc(C#N)cc4)c(OC)c3)c(=O)n2[C@H]1c1ccc(OC)cc1. The van der Waals surface area contributed by atoms with Crippen LogP contribution in [0.3, 0.4) is 0 Å². The molecule has 1 aliphatic rings. The first kappa shape index (κ1) is 32.0. The first-order chi connectivity index (χ1) is 23.4. The van der Waals surface area contributed by atoms with Crippen LogP contribution in [0.2, 0.25) is 0 Å². The van der Waals surface area contributed by atoms with E-state index in [0.717, 1.165) is 16.7 Å². The molecule has 1 atom stereocenters. The highest BCUT2D eigenvalue weighted by Gasteiger charge is 2.35. The molecule has 240 valence electrons. The number of nitrogens with zero attached hydrogens (tertiary/aromatic N) is 3. The Kier molecular flexibility index (Phi) is 9.50. The van der Waals surface area contributed by atoms with Gasteiger partial charge in [0.25, 0.3) is 5.56 Å². The maximum Gasteiger partial charge on any atom is 0.338 e. The van der Waals surface area contributed by atoms with Gasteiger partial charge in [0.05, 0.1) is 54.3 Å². The molecule has 1 aromatic heterocycles. The Hall–Kier alpha value is -5.92. The van der Waals surface area contributed by atoms with Gasteiger partial charge in [-0.2, -0.15) is 5.26 Å². The van der Waals surface area contributed by atoms with E-state index in [-0.39, 0.29) is 24.3 Å². The minimum Gasteiger partial charge on any atom is -0.497 e. The summed E-state index contributed by atoms with van der Waals surface area (Å²) in [7, 11) is 3.14. The Morgan fingerprint density at radius 3 is 2.38 bits per heavy atom. The topological polar surface area (TPSA) is 112 Å². The molecule has 0 spiro atoms. The molecule has 0 saturated heterocycles. The molecule has 0 amide bonds. The highest BCUT2D eigenvalue weighted by atomic mass is 32.1. The molecule has 0 bridgehead atoms. The molecular weight excluding hydrogens is 627 g/mol. The summed E-state index contributed by atoms with van der Waals surface area (Å²) in [6.07, 6.45) is 1.78. The van der Waals surface area contributed by atoms with E-state index >= 15 is 0 Å². The summed E-state index contributed by atoms with van der Waals surface area (Å²) in [5.74, 6) is 1.13. The zero-order valence-corrected chi connectivity index (χ0v) is 27.3. The molecule has 2 heterocycles. The molecule has 5 aromatic rings. The van der Waals surface area contributed by atoms with Crippen LogP contribution < -0.4 is 29.1 Å². The number of thiazole rings is 1. The largest absolute Gasteiger partial charge is 0.497 e. The van der Waals surface area contributed by atoms with Gasteiger partial charge in [-0.1, -0.05) is 72.0 Å². The molecule has 0 saturated carbocycles. The summed E-state index contributed by atoms with van der Waals surface area (Å²) >= 11 is 1.24. The number of hydrogen-bond donors (Lipinski definition) is 0. The maximum absolute atomic E-state index is 14.2. The lowest BCUT2D eigenvalue weighted by atomic mass is 9.93. The van der Waals surface area contributed by atoms with Gasteiger partial charge in [0, 0.05) is 5.56 Å². The van der Waals surface area contributed by atoms with E-state index in [1.165, 1.54) is 11.3 Å². The van der Waals surface area contributed by atoms with E-state index in [4.69, 9.17) is 29.2 Å². The first-order valence-electron chi connectivity index (χ1n) is 15.2. The van der Waals surface area contributed by atoms with Crippen molar-refractivity contribution < 1.29 is 23.7 Å². The number of benzene rings is 4. The van der Waals surface area contributed by atoms with Gasteiger partial charge in [0.2, 0.25) is 0 Å². The van der Waals surface area contributed by atoms with Gasteiger partial charge in [-0.25, -0.2) is 9.79 Å². The van der Waals surface area contributed by atoms with Crippen molar-refractivity contribution in [3.63, 3.8) is 0 Å². The lowest BCUT2D eigenvalue weighted by Crippen LogP contribution is -2.40. The number of ether oxygens (including phenoxy) is 4. The van der Waals surface area contributed by atoms with Crippen LogP contribution in [0.5, 0.6) is 17.2 Å². The van der Waals surface area contributed by atoms with Gasteiger partial charge in [-0.05, 0) is 66.1 Å². The number of rotatable bonds is 10. The molecule has 0 N–H and O–H groups in total. The van der Waals surface area contributed by atoms with Crippen LogP contribution in [-0.2, 0) is 16.1 Å². The number of esters is 1. The van der Waals surface area contributed by atoms with Gasteiger partial charge in [-0.15, -0.1) is 0 Å². The molecule has 0 radical (unpaired) electrons. The number of hydrogen-bond acceptors (Lipinski definition) is 9. The van der Waals surface area contributed by atoms with Crippen molar-refractivity contribution in [1.29, 1.82) is 5.26 Å². The van der Waals surface area contributed by atoms with Crippen LogP contribution in [-0.4, -0.2) is 31.4 Å². The molecule has 10 heteroatoms. The highest BCUT2D eigenvalue weighted by Crippen LogP contribution is 2.36. The van der Waals surface area contributed by atoms with Crippen molar-refractivity contribution in [3.8, 4) is 23.3 Å². The lowest BCUT2D eigenvalue weighted by molar-refractivity contribution is -0.138. The molecule has 4 aromatic carbocycles. The molecule has 0 unspecified atom stereocenters. The predicted octanol–water partition coefficient (Wildman–Crippen LogP) is 5.40. The first-order valence-corrected chi connectivity index (χ1v) is 16.0. The standard InChI is InChI=1S/C38H31N3O6S/c1-4-46-37(43)33-34(27-8-6-5-7-9-27)40-38-41(35(33)28-15-17-29(44-2)18-16-28)36(42)32(48-38)21-26-14-19-30(31(20-26)45-3)47-23-25-12-10-24(22-39)11-13-25/h5-21,35H,4,23H2,1-3H3/b32-21-/t35-/m0/s1. The fraction of sp³-hybridized carbons (Fsp3) is 0.158. The zero-order valence-electron chi connectivity index (χ0n) is 26.5. The smallest absolute Gasteiger partial charge is 0.338 e. The highest BCUT2D eigenvalue weighted by molar-refractivity contribution is 7.07. The van der Waals surface area contributed by atoms with Gasteiger partial charge in [0.15, 0.2) is 16.3 Å². The number of carbonyl (C=O) groups is 1. The average Bonchev–Trinajstić information content (AvgIpc) is 3.44. The van der Waals surface area contributed by atoms with Crippen molar-refractivity contribution in [2.45, 2.75) is 19.6 Å². The van der Waals surface area contributed by atoms with Crippen LogP contribution in [0.15, 0.2) is 112 Å². The Labute approximate surface area is 280 Å². The predicted molar refractivity (Wildman–Crippen MR) is 183 cm³/mol. The van der Waals surface area contributed by atoms with Gasteiger partial charge in [0.1, 0.15) is 12.4 Å². The second kappa shape index (κ2) is 14.2. The molecule has 6 rings (SSSR count). The van der Waals surface area contributed by atoms with Crippen LogP contribution in [0.1, 0.15) is 40.8 Å². The van der Waals surface area contributed by atoms with E-state index in [9.17, 15) is 9.59 Å². The number of carbonyl (C=O) groups excluding carboxylic acids is 1. The average molecular weight is 658 g/mol. The zero-order chi connectivity index (χ0) is 33.6. The second-order valence-electron chi connectivity index (χ2n) is 10.7. The lowest BCUT2D eigenvalue weighted by Gasteiger charge is -2.26. The monoisotopic (exact) mass is 657 g/mol. The summed E-state index contributed by atoms with van der Waals surface area (Å²) < 4.78 is 24.5. The van der Waals surface area contributed by atoms with E-state index in [1.807, 2.05) is 60.7 Å². The molecular formula is C38H31N3O6S. The summed E-state index contributed by atoms with van der Waals surface area (Å²) in [5.41, 5.74) is 4.08.